The molecule has 0 saturated carbocycles. The van der Waals surface area contributed by atoms with Crippen molar-refractivity contribution < 1.29 is 18.0 Å². The Bertz CT molecular complexity index is 1090. The van der Waals surface area contributed by atoms with Crippen LogP contribution in [0.25, 0.3) is 10.1 Å². The number of fused-ring (bicyclic) bond motifs is 1. The standard InChI is InChI=1S/C18H16ClN3O4S2/c1-22(28(25,26)14-8-6-13(19)7-9-14)11-17(23)20-21-18(24)16-10-12-4-2-3-5-15(12)27-16/h2-10H,11H2,1H3,(H,20,23)(H,21,24). The van der Waals surface area contributed by atoms with Crippen molar-refractivity contribution in [3.63, 3.8) is 0 Å². The van der Waals surface area contributed by atoms with Gasteiger partial charge in [-0.25, -0.2) is 8.42 Å². The number of hydrogen-bond acceptors (Lipinski definition) is 5. The summed E-state index contributed by atoms with van der Waals surface area (Å²) in [7, 11) is -2.58. The number of nitrogens with zero attached hydrogens (tertiary/aromatic N) is 1. The van der Waals surface area contributed by atoms with Crippen LogP contribution in [0.15, 0.2) is 59.5 Å². The fourth-order valence-electron chi connectivity index (χ4n) is 2.40. The van der Waals surface area contributed by atoms with Crippen LogP contribution in [0.3, 0.4) is 0 Å². The highest BCUT2D eigenvalue weighted by molar-refractivity contribution is 7.89. The molecule has 0 bridgehead atoms. The minimum atomic E-state index is -3.86. The summed E-state index contributed by atoms with van der Waals surface area (Å²) >= 11 is 7.05. The molecule has 2 aromatic carbocycles. The van der Waals surface area contributed by atoms with E-state index in [2.05, 4.69) is 10.9 Å². The molecule has 0 atom stereocenters. The van der Waals surface area contributed by atoms with Crippen LogP contribution in [-0.4, -0.2) is 38.1 Å². The number of thiophene rings is 1. The molecule has 3 rings (SSSR count). The van der Waals surface area contributed by atoms with Crippen LogP contribution in [-0.2, 0) is 14.8 Å². The first-order valence-electron chi connectivity index (χ1n) is 8.07. The topological polar surface area (TPSA) is 95.6 Å². The van der Waals surface area contributed by atoms with E-state index in [1.807, 2.05) is 24.3 Å². The van der Waals surface area contributed by atoms with Gasteiger partial charge in [0.15, 0.2) is 0 Å². The number of carbonyl (C=O) groups is 2. The number of nitrogens with one attached hydrogen (secondary N) is 2. The number of likely N-dealkylation sites (N-methyl/N-ethyl adjacent to an activating group) is 1. The summed E-state index contributed by atoms with van der Waals surface area (Å²) in [5, 5.41) is 1.33. The van der Waals surface area contributed by atoms with E-state index in [0.29, 0.717) is 9.90 Å². The van der Waals surface area contributed by atoms with Crippen molar-refractivity contribution in [3.05, 3.63) is 64.5 Å². The molecule has 3 aromatic rings. The van der Waals surface area contributed by atoms with Crippen LogP contribution < -0.4 is 10.9 Å². The molecule has 0 fully saturated rings. The van der Waals surface area contributed by atoms with Gasteiger partial charge in [0.2, 0.25) is 10.0 Å². The highest BCUT2D eigenvalue weighted by atomic mass is 35.5. The zero-order valence-electron chi connectivity index (χ0n) is 14.7. The zero-order valence-corrected chi connectivity index (χ0v) is 17.1. The first-order chi connectivity index (χ1) is 13.3. The van der Waals surface area contributed by atoms with Gasteiger partial charge in [0.25, 0.3) is 11.8 Å². The predicted octanol–water partition coefficient (Wildman–Crippen LogP) is 2.64. The molecule has 28 heavy (non-hydrogen) atoms. The maximum atomic E-state index is 12.5. The predicted molar refractivity (Wildman–Crippen MR) is 109 cm³/mol. The van der Waals surface area contributed by atoms with E-state index in [4.69, 9.17) is 11.6 Å². The second kappa shape index (κ2) is 8.27. The molecule has 2 amide bonds. The third-order valence-electron chi connectivity index (χ3n) is 3.85. The molecule has 0 saturated heterocycles. The quantitative estimate of drug-likeness (QED) is 0.600. The molecule has 0 unspecified atom stereocenters. The third kappa shape index (κ3) is 4.50. The lowest BCUT2D eigenvalue weighted by atomic mass is 10.2. The van der Waals surface area contributed by atoms with Crippen LogP contribution >= 0.6 is 22.9 Å². The van der Waals surface area contributed by atoms with Crippen molar-refractivity contribution in [2.45, 2.75) is 4.90 Å². The molecule has 7 nitrogen and oxygen atoms in total. The maximum Gasteiger partial charge on any atom is 0.279 e. The van der Waals surface area contributed by atoms with Crippen molar-refractivity contribution in [2.75, 3.05) is 13.6 Å². The minimum Gasteiger partial charge on any atom is -0.272 e. The molecule has 1 heterocycles. The molecule has 0 aliphatic heterocycles. The minimum absolute atomic E-state index is 0.0153. The van der Waals surface area contributed by atoms with Gasteiger partial charge in [-0.05, 0) is 41.8 Å². The fourth-order valence-corrected chi connectivity index (χ4v) is 4.61. The van der Waals surface area contributed by atoms with Gasteiger partial charge in [-0.1, -0.05) is 29.8 Å². The van der Waals surface area contributed by atoms with E-state index in [-0.39, 0.29) is 4.90 Å². The summed E-state index contributed by atoms with van der Waals surface area (Å²) in [5.74, 6) is -1.15. The van der Waals surface area contributed by atoms with Crippen LogP contribution in [0, 0.1) is 0 Å². The lowest BCUT2D eigenvalue weighted by molar-refractivity contribution is -0.121. The summed E-state index contributed by atoms with van der Waals surface area (Å²) in [6, 6.07) is 14.9. The smallest absolute Gasteiger partial charge is 0.272 e. The highest BCUT2D eigenvalue weighted by Gasteiger charge is 2.23. The van der Waals surface area contributed by atoms with Gasteiger partial charge in [-0.2, -0.15) is 4.31 Å². The lowest BCUT2D eigenvalue weighted by Crippen LogP contribution is -2.46. The van der Waals surface area contributed by atoms with E-state index < -0.39 is 28.4 Å². The average Bonchev–Trinajstić information content (AvgIpc) is 3.10. The summed E-state index contributed by atoms with van der Waals surface area (Å²) in [4.78, 5) is 24.7. The Labute approximate surface area is 170 Å². The molecule has 0 radical (unpaired) electrons. The second-order valence-electron chi connectivity index (χ2n) is 5.87. The van der Waals surface area contributed by atoms with E-state index in [9.17, 15) is 18.0 Å². The van der Waals surface area contributed by atoms with Crippen LogP contribution in [0.2, 0.25) is 5.02 Å². The first-order valence-corrected chi connectivity index (χ1v) is 10.7. The van der Waals surface area contributed by atoms with Crippen molar-refractivity contribution in [2.24, 2.45) is 0 Å². The zero-order chi connectivity index (χ0) is 20.3. The van der Waals surface area contributed by atoms with Gasteiger partial charge < -0.3 is 0 Å². The fraction of sp³-hybridized carbons (Fsp3) is 0.111. The van der Waals surface area contributed by atoms with E-state index in [1.165, 1.54) is 42.6 Å². The maximum absolute atomic E-state index is 12.5. The number of hydrazine groups is 1. The molecule has 1 aromatic heterocycles. The van der Waals surface area contributed by atoms with Crippen LogP contribution in [0.5, 0.6) is 0 Å². The molecular formula is C18H16ClN3O4S2. The molecule has 146 valence electrons. The van der Waals surface area contributed by atoms with Crippen LogP contribution in [0.1, 0.15) is 9.67 Å². The third-order valence-corrected chi connectivity index (χ3v) is 7.04. The molecule has 2 N–H and O–H groups in total. The van der Waals surface area contributed by atoms with Gasteiger partial charge in [-0.3, -0.25) is 20.4 Å². The van der Waals surface area contributed by atoms with Crippen molar-refractivity contribution in [1.29, 1.82) is 0 Å². The average molecular weight is 438 g/mol. The molecule has 0 aliphatic carbocycles. The Morgan fingerprint density at radius 3 is 2.43 bits per heavy atom. The molecule has 0 aliphatic rings. The van der Waals surface area contributed by atoms with Gasteiger partial charge >= 0.3 is 0 Å². The number of hydrogen-bond donors (Lipinski definition) is 2. The van der Waals surface area contributed by atoms with Gasteiger partial charge in [0.05, 0.1) is 16.3 Å². The van der Waals surface area contributed by atoms with Gasteiger partial charge in [0, 0.05) is 16.8 Å². The van der Waals surface area contributed by atoms with E-state index in [0.717, 1.165) is 14.4 Å². The Kier molecular flexibility index (Phi) is 5.99. The molecule has 0 spiro atoms. The van der Waals surface area contributed by atoms with Crippen LogP contribution in [0.4, 0.5) is 0 Å². The summed E-state index contributed by atoms with van der Waals surface area (Å²) in [5.41, 5.74) is 4.53. The number of sulfonamides is 1. The number of amides is 2. The summed E-state index contributed by atoms with van der Waals surface area (Å²) in [6.45, 7) is -0.461. The largest absolute Gasteiger partial charge is 0.279 e. The van der Waals surface area contributed by atoms with Crippen molar-refractivity contribution >= 4 is 54.9 Å². The van der Waals surface area contributed by atoms with Gasteiger partial charge in [0.1, 0.15) is 0 Å². The Balaban J connectivity index is 1.58. The van der Waals surface area contributed by atoms with E-state index in [1.54, 1.807) is 6.07 Å². The first kappa shape index (κ1) is 20.3. The number of benzene rings is 2. The summed E-state index contributed by atoms with van der Waals surface area (Å²) < 4.78 is 26.7. The number of halogens is 1. The normalized spacial score (nSPS) is 11.5. The lowest BCUT2D eigenvalue weighted by Gasteiger charge is -2.17. The highest BCUT2D eigenvalue weighted by Crippen LogP contribution is 2.24. The van der Waals surface area contributed by atoms with Crippen molar-refractivity contribution in [3.8, 4) is 0 Å². The van der Waals surface area contributed by atoms with E-state index >= 15 is 0 Å². The number of rotatable bonds is 5. The Hall–Kier alpha value is -2.46. The molecule has 10 heteroatoms. The second-order valence-corrected chi connectivity index (χ2v) is 9.43. The monoisotopic (exact) mass is 437 g/mol. The Morgan fingerprint density at radius 1 is 1.07 bits per heavy atom. The Morgan fingerprint density at radius 2 is 1.75 bits per heavy atom. The SMILES string of the molecule is CN(CC(=O)NNC(=O)c1cc2ccccc2s1)S(=O)(=O)c1ccc(Cl)cc1. The van der Waals surface area contributed by atoms with Gasteiger partial charge in [-0.15, -0.1) is 11.3 Å². The number of carbonyl (C=O) groups excluding carboxylic acids is 2. The van der Waals surface area contributed by atoms with Crippen molar-refractivity contribution in [1.82, 2.24) is 15.2 Å². The summed E-state index contributed by atoms with van der Waals surface area (Å²) in [6.07, 6.45) is 0. The molecular weight excluding hydrogens is 422 g/mol.